The number of allylic oxidation sites excluding steroid dienone is 2. The Balaban J connectivity index is 2.19. The molecule has 60 heavy (non-hydrogen) atoms. The lowest BCUT2D eigenvalue weighted by molar-refractivity contribution is -0.155. The smallest absolute Gasteiger partial charge is 0.408 e. The fourth-order valence-corrected chi connectivity index (χ4v) is 7.50. The molecule has 3 N–H and O–H groups in total. The van der Waals surface area contributed by atoms with Crippen LogP contribution < -0.4 is 16.0 Å². The lowest BCUT2D eigenvalue weighted by atomic mass is 10.0. The van der Waals surface area contributed by atoms with E-state index in [2.05, 4.69) is 47.5 Å². The van der Waals surface area contributed by atoms with E-state index in [1.807, 2.05) is 31.2 Å². The average molecular weight is 887 g/mol. The number of unbranched alkanes of at least 4 members (excludes halogenated alkanes) is 4. The van der Waals surface area contributed by atoms with Crippen molar-refractivity contribution in [3.63, 3.8) is 0 Å². The molecule has 0 unspecified atom stereocenters. The van der Waals surface area contributed by atoms with Crippen LogP contribution in [0.5, 0.6) is 0 Å². The van der Waals surface area contributed by atoms with Gasteiger partial charge in [-0.3, -0.25) is 19.2 Å². The lowest BCUT2D eigenvalue weighted by Crippen LogP contribution is -2.47. The first-order valence-corrected chi connectivity index (χ1v) is 26.3. The van der Waals surface area contributed by atoms with Crippen molar-refractivity contribution in [1.29, 1.82) is 0 Å². The molecule has 2 aromatic rings. The second-order valence-electron chi connectivity index (χ2n) is 16.7. The normalized spacial score (nSPS) is 13.0. The number of aromatic nitrogens is 1. The molecular formula is C44H66N4O9S2Si. The SMILES string of the molecule is C/C=C(\NC(=O)c1csc(CNC(=O)OC(C)(C)C)n1)C(=O)N[C@@H](Cc1ccc(C)cc1)C(=O)O[C@H](/C=C/CCSC(=O)CCCCCCC)CC(=O)OCC[Si](C)(C)C. The second kappa shape index (κ2) is 26.8. The van der Waals surface area contributed by atoms with E-state index in [9.17, 15) is 28.8 Å². The number of amides is 3. The zero-order valence-corrected chi connectivity index (χ0v) is 39.5. The Morgan fingerprint density at radius 2 is 1.70 bits per heavy atom. The number of thioether (sulfide) groups is 1. The molecule has 0 fully saturated rings. The highest BCUT2D eigenvalue weighted by Crippen LogP contribution is 2.16. The van der Waals surface area contributed by atoms with Crippen LogP contribution in [0.4, 0.5) is 4.79 Å². The standard InChI is InChI=1S/C44H66N4O9S2Si/c1-10-12-13-14-15-19-39(50)58-25-17-16-18-33(28-38(49)55-24-26-60(7,8)9)56-42(53)35(27-32-22-20-31(3)21-23-32)48-40(51)34(11-2)47-41(52)36-30-59-37(46-36)29-45-43(54)57-44(4,5)6/h11,16,18,20-23,30,33,35H,10,12-15,17,19,24-29H2,1-9H3,(H,45,54)(H,47,52)(H,48,51)/b18-16+,34-11-/t33-,35+/m1/s1. The quantitative estimate of drug-likeness (QED) is 0.0217. The fourth-order valence-electron chi connectivity index (χ4n) is 5.30. The van der Waals surface area contributed by atoms with Gasteiger partial charge < -0.3 is 30.2 Å². The molecule has 0 radical (unpaired) electrons. The Kier molecular flexibility index (Phi) is 23.2. The summed E-state index contributed by atoms with van der Waals surface area (Å²) >= 11 is 2.42. The first kappa shape index (κ1) is 51.9. The minimum atomic E-state index is -1.47. The number of carbonyl (C=O) groups excluding carboxylic acids is 6. The number of benzene rings is 1. The summed E-state index contributed by atoms with van der Waals surface area (Å²) in [6.45, 7) is 17.7. The molecule has 0 saturated heterocycles. The van der Waals surface area contributed by atoms with Crippen molar-refractivity contribution >= 4 is 66.1 Å². The van der Waals surface area contributed by atoms with Crippen molar-refractivity contribution in [2.24, 2.45) is 0 Å². The molecule has 1 heterocycles. The van der Waals surface area contributed by atoms with Gasteiger partial charge in [0.2, 0.25) is 0 Å². The van der Waals surface area contributed by atoms with Gasteiger partial charge in [-0.25, -0.2) is 14.6 Å². The van der Waals surface area contributed by atoms with E-state index in [1.165, 1.54) is 29.6 Å². The third-order valence-corrected chi connectivity index (χ3v) is 12.2. The highest BCUT2D eigenvalue weighted by atomic mass is 32.2. The molecule has 0 aliphatic rings. The Bertz CT molecular complexity index is 1770. The number of esters is 2. The van der Waals surface area contributed by atoms with E-state index in [0.717, 1.165) is 54.2 Å². The molecule has 3 amide bonds. The molecule has 13 nitrogen and oxygen atoms in total. The van der Waals surface area contributed by atoms with Gasteiger partial charge in [0, 0.05) is 32.0 Å². The summed E-state index contributed by atoms with van der Waals surface area (Å²) in [5.74, 6) is -2.18. The van der Waals surface area contributed by atoms with Crippen molar-refractivity contribution in [2.75, 3.05) is 12.4 Å². The van der Waals surface area contributed by atoms with E-state index in [-0.39, 0.29) is 42.5 Å². The number of hydrogen-bond acceptors (Lipinski definition) is 12. The van der Waals surface area contributed by atoms with Crippen LogP contribution in [0.25, 0.3) is 0 Å². The zero-order valence-electron chi connectivity index (χ0n) is 36.9. The predicted molar refractivity (Wildman–Crippen MR) is 241 cm³/mol. The molecule has 1 aromatic heterocycles. The Morgan fingerprint density at radius 3 is 2.35 bits per heavy atom. The number of hydrogen-bond donors (Lipinski definition) is 3. The number of alkyl carbamates (subject to hydrolysis) is 1. The zero-order chi connectivity index (χ0) is 44.7. The Morgan fingerprint density at radius 1 is 1.00 bits per heavy atom. The number of ether oxygens (including phenoxy) is 3. The number of thiazole rings is 1. The summed E-state index contributed by atoms with van der Waals surface area (Å²) in [6, 6.07) is 7.04. The van der Waals surface area contributed by atoms with Crippen LogP contribution >= 0.6 is 23.1 Å². The molecule has 16 heteroatoms. The van der Waals surface area contributed by atoms with Crippen LogP contribution in [0.3, 0.4) is 0 Å². The van der Waals surface area contributed by atoms with E-state index in [4.69, 9.17) is 14.2 Å². The summed E-state index contributed by atoms with van der Waals surface area (Å²) < 4.78 is 16.7. The summed E-state index contributed by atoms with van der Waals surface area (Å²) in [7, 11) is -1.47. The molecule has 0 saturated carbocycles. The van der Waals surface area contributed by atoms with Crippen molar-refractivity contribution in [2.45, 2.75) is 149 Å². The van der Waals surface area contributed by atoms with E-state index in [0.29, 0.717) is 23.6 Å². The molecule has 332 valence electrons. The van der Waals surface area contributed by atoms with Gasteiger partial charge in [-0.1, -0.05) is 106 Å². The maximum atomic E-state index is 14.0. The molecule has 0 spiro atoms. The van der Waals surface area contributed by atoms with E-state index in [1.54, 1.807) is 39.8 Å². The number of aryl methyl sites for hydroxylation is 1. The van der Waals surface area contributed by atoms with Gasteiger partial charge in [0.15, 0.2) is 5.12 Å². The first-order chi connectivity index (χ1) is 28.3. The molecule has 2 atom stereocenters. The van der Waals surface area contributed by atoms with Crippen LogP contribution in [-0.4, -0.2) is 78.1 Å². The highest BCUT2D eigenvalue weighted by molar-refractivity contribution is 8.13. The largest absolute Gasteiger partial charge is 0.466 e. The summed E-state index contributed by atoms with van der Waals surface area (Å²) in [5, 5.41) is 9.97. The second-order valence-corrected chi connectivity index (χ2v) is 24.4. The fraction of sp³-hybridized carbons (Fsp3) is 0.568. The van der Waals surface area contributed by atoms with Crippen LogP contribution in [0.15, 0.2) is 53.6 Å². The molecule has 2 rings (SSSR count). The van der Waals surface area contributed by atoms with Gasteiger partial charge in [0.1, 0.15) is 34.1 Å². The predicted octanol–water partition coefficient (Wildman–Crippen LogP) is 8.59. The highest BCUT2D eigenvalue weighted by Gasteiger charge is 2.28. The minimum absolute atomic E-state index is 0.0280. The minimum Gasteiger partial charge on any atom is -0.466 e. The van der Waals surface area contributed by atoms with Crippen LogP contribution in [-0.2, 0) is 46.4 Å². The van der Waals surface area contributed by atoms with Gasteiger partial charge in [-0.2, -0.15) is 0 Å². The Labute approximate surface area is 365 Å². The van der Waals surface area contributed by atoms with Crippen molar-refractivity contribution in [3.05, 3.63) is 75.4 Å². The van der Waals surface area contributed by atoms with Crippen molar-refractivity contribution in [3.8, 4) is 0 Å². The topological polar surface area (TPSA) is 179 Å². The van der Waals surface area contributed by atoms with Crippen molar-refractivity contribution in [1.82, 2.24) is 20.9 Å². The van der Waals surface area contributed by atoms with E-state index >= 15 is 0 Å². The van der Waals surface area contributed by atoms with Crippen LogP contribution in [0, 0.1) is 6.92 Å². The first-order valence-electron chi connectivity index (χ1n) is 20.7. The molecule has 0 bridgehead atoms. The third-order valence-electron chi connectivity index (χ3n) is 8.63. The van der Waals surface area contributed by atoms with Gasteiger partial charge in [0.05, 0.1) is 19.6 Å². The maximum Gasteiger partial charge on any atom is 0.408 e. The average Bonchev–Trinajstić information content (AvgIpc) is 3.64. The summed E-state index contributed by atoms with van der Waals surface area (Å²) in [6.07, 6.45) is 9.44. The monoisotopic (exact) mass is 886 g/mol. The molecule has 1 aromatic carbocycles. The summed E-state index contributed by atoms with van der Waals surface area (Å²) in [4.78, 5) is 82.5. The number of carbonyl (C=O) groups is 6. The molecule has 0 aliphatic heterocycles. The lowest BCUT2D eigenvalue weighted by Gasteiger charge is -2.22. The summed E-state index contributed by atoms with van der Waals surface area (Å²) in [5.41, 5.74) is 0.982. The van der Waals surface area contributed by atoms with Gasteiger partial charge in [0.25, 0.3) is 11.8 Å². The molecular weight excluding hydrogens is 821 g/mol. The van der Waals surface area contributed by atoms with Gasteiger partial charge in [-0.05, 0) is 65.1 Å². The maximum absolute atomic E-state index is 14.0. The van der Waals surface area contributed by atoms with Crippen LogP contribution in [0.1, 0.15) is 113 Å². The number of nitrogens with zero attached hydrogens (tertiary/aromatic N) is 1. The van der Waals surface area contributed by atoms with Gasteiger partial charge >= 0.3 is 18.0 Å². The Hall–Kier alpha value is -4.28. The molecule has 0 aliphatic carbocycles. The van der Waals surface area contributed by atoms with Crippen molar-refractivity contribution < 1.29 is 43.0 Å². The van der Waals surface area contributed by atoms with Crippen LogP contribution in [0.2, 0.25) is 25.7 Å². The number of nitrogens with one attached hydrogen (secondary N) is 3. The number of rotatable bonds is 25. The van der Waals surface area contributed by atoms with Gasteiger partial charge in [-0.15, -0.1) is 11.3 Å². The van der Waals surface area contributed by atoms with E-state index < -0.39 is 55.7 Å². The third kappa shape index (κ3) is 22.9.